The Hall–Kier alpha value is -2.67. The second-order valence-electron chi connectivity index (χ2n) is 8.68. The Morgan fingerprint density at radius 2 is 1.72 bits per heavy atom. The number of allylic oxidation sites excluding steroid dienone is 2. The Labute approximate surface area is 189 Å². The van der Waals surface area contributed by atoms with Crippen LogP contribution < -0.4 is 10.6 Å². The van der Waals surface area contributed by atoms with Crippen LogP contribution in [0.4, 0.5) is 0 Å². The summed E-state index contributed by atoms with van der Waals surface area (Å²) >= 11 is 0. The van der Waals surface area contributed by atoms with Crippen molar-refractivity contribution < 1.29 is 24.2 Å². The monoisotopic (exact) mass is 442 g/mol. The molecule has 2 bridgehead atoms. The van der Waals surface area contributed by atoms with Crippen LogP contribution in [0, 0.1) is 11.8 Å². The number of benzene rings is 1. The van der Waals surface area contributed by atoms with Gasteiger partial charge in [-0.05, 0) is 50.0 Å². The van der Waals surface area contributed by atoms with Crippen LogP contribution in [0.5, 0.6) is 0 Å². The van der Waals surface area contributed by atoms with Crippen LogP contribution in [0.1, 0.15) is 50.5 Å². The summed E-state index contributed by atoms with van der Waals surface area (Å²) in [5, 5.41) is 14.4. The van der Waals surface area contributed by atoms with E-state index in [1.54, 1.807) is 0 Å². The molecule has 0 spiro atoms. The minimum atomic E-state index is -0.761. The molecule has 3 rings (SSSR count). The molecule has 32 heavy (non-hydrogen) atoms. The molecule has 0 aromatic heterocycles. The molecule has 2 aliphatic rings. The molecular formula is C25H34N2O5. The number of carbonyl (C=O) groups is 3. The van der Waals surface area contributed by atoms with Crippen LogP contribution >= 0.6 is 0 Å². The molecule has 2 amide bonds. The molecule has 2 saturated heterocycles. The van der Waals surface area contributed by atoms with E-state index in [1.165, 1.54) is 0 Å². The number of hydrogen-bond acceptors (Lipinski definition) is 4. The number of aryl methyl sites for hydroxylation is 1. The third-order valence-corrected chi connectivity index (χ3v) is 6.39. The normalized spacial score (nSPS) is 24.0. The Morgan fingerprint density at radius 3 is 2.47 bits per heavy atom. The van der Waals surface area contributed by atoms with E-state index in [-0.39, 0.29) is 42.9 Å². The number of carboxylic acids is 1. The van der Waals surface area contributed by atoms with Gasteiger partial charge in [0.15, 0.2) is 0 Å². The number of fused-ring (bicyclic) bond motifs is 2. The van der Waals surface area contributed by atoms with Gasteiger partial charge in [-0.3, -0.25) is 14.4 Å². The van der Waals surface area contributed by atoms with Crippen LogP contribution in [0.3, 0.4) is 0 Å². The fourth-order valence-electron chi connectivity index (χ4n) is 4.69. The molecule has 0 saturated carbocycles. The number of carbonyl (C=O) groups excluding carboxylic acids is 2. The summed E-state index contributed by atoms with van der Waals surface area (Å²) in [6, 6.07) is 9.81. The lowest BCUT2D eigenvalue weighted by molar-refractivity contribution is -0.137. The molecule has 7 heteroatoms. The van der Waals surface area contributed by atoms with E-state index in [4.69, 9.17) is 9.84 Å². The van der Waals surface area contributed by atoms with Crippen molar-refractivity contribution in [1.82, 2.24) is 10.6 Å². The summed E-state index contributed by atoms with van der Waals surface area (Å²) in [4.78, 5) is 34.8. The standard InChI is InChI=1S/C25H34N2O5/c28-23(15-12-18-8-4-3-5-9-18)27-17-24(29)26-16-20-19(21-13-14-22(20)32-21)10-6-1-2-7-11-25(30)31/h1,3-6,8-9,19-22H,2,7,10-17H2,(H,26,29)(H,27,28)(H,30,31)/t19-,20+,21-,22+/m0/s1. The summed E-state index contributed by atoms with van der Waals surface area (Å²) in [7, 11) is 0. The van der Waals surface area contributed by atoms with Gasteiger partial charge in [-0.2, -0.15) is 0 Å². The molecule has 3 N–H and O–H groups in total. The molecule has 1 aromatic rings. The average Bonchev–Trinajstić information content (AvgIpc) is 3.39. The largest absolute Gasteiger partial charge is 0.481 e. The number of ether oxygens (including phenoxy) is 1. The predicted molar refractivity (Wildman–Crippen MR) is 121 cm³/mol. The number of carboxylic acid groups (broad SMARTS) is 1. The van der Waals surface area contributed by atoms with Crippen LogP contribution in [0.2, 0.25) is 0 Å². The molecule has 2 aliphatic heterocycles. The van der Waals surface area contributed by atoms with Gasteiger partial charge in [0.1, 0.15) is 0 Å². The lowest BCUT2D eigenvalue weighted by Crippen LogP contribution is -2.42. The topological polar surface area (TPSA) is 105 Å². The average molecular weight is 443 g/mol. The van der Waals surface area contributed by atoms with Crippen molar-refractivity contribution in [3.8, 4) is 0 Å². The first-order chi connectivity index (χ1) is 15.5. The first-order valence-corrected chi connectivity index (χ1v) is 11.6. The third-order valence-electron chi connectivity index (χ3n) is 6.39. The van der Waals surface area contributed by atoms with Gasteiger partial charge in [0.2, 0.25) is 11.8 Å². The van der Waals surface area contributed by atoms with E-state index in [0.717, 1.165) is 31.2 Å². The molecule has 1 aromatic carbocycles. The number of nitrogens with one attached hydrogen (secondary N) is 2. The van der Waals surface area contributed by atoms with Crippen molar-refractivity contribution >= 4 is 17.8 Å². The Kier molecular flexibility index (Phi) is 9.28. The molecule has 174 valence electrons. The predicted octanol–water partition coefficient (Wildman–Crippen LogP) is 2.85. The lowest BCUT2D eigenvalue weighted by atomic mass is 9.77. The van der Waals surface area contributed by atoms with Crippen LogP contribution in [0.15, 0.2) is 42.5 Å². The zero-order chi connectivity index (χ0) is 22.8. The third kappa shape index (κ3) is 7.48. The Morgan fingerprint density at radius 1 is 0.969 bits per heavy atom. The maximum Gasteiger partial charge on any atom is 0.303 e. The highest BCUT2D eigenvalue weighted by atomic mass is 16.5. The van der Waals surface area contributed by atoms with E-state index >= 15 is 0 Å². The highest BCUT2D eigenvalue weighted by Crippen LogP contribution is 2.44. The van der Waals surface area contributed by atoms with Gasteiger partial charge in [-0.1, -0.05) is 42.5 Å². The SMILES string of the molecule is O=C(O)CCCC=CC[C@H]1[C@@H](CNC(=O)CNC(=O)CCc2ccccc2)[C@H]2CC[C@@H]1O2. The number of aliphatic carboxylic acids is 1. The van der Waals surface area contributed by atoms with Crippen molar-refractivity contribution in [2.24, 2.45) is 11.8 Å². The zero-order valence-corrected chi connectivity index (χ0v) is 18.5. The van der Waals surface area contributed by atoms with E-state index in [2.05, 4.69) is 22.8 Å². The second kappa shape index (κ2) is 12.4. The molecule has 7 nitrogen and oxygen atoms in total. The first-order valence-electron chi connectivity index (χ1n) is 11.6. The summed E-state index contributed by atoms with van der Waals surface area (Å²) in [5.41, 5.74) is 1.10. The Bertz CT molecular complexity index is 795. The highest BCUT2D eigenvalue weighted by molar-refractivity contribution is 5.84. The minimum absolute atomic E-state index is 0.0105. The van der Waals surface area contributed by atoms with Crippen LogP contribution in [0.25, 0.3) is 0 Å². The molecular weight excluding hydrogens is 408 g/mol. The van der Waals surface area contributed by atoms with E-state index < -0.39 is 5.97 Å². The van der Waals surface area contributed by atoms with Crippen molar-refractivity contribution in [2.75, 3.05) is 13.1 Å². The van der Waals surface area contributed by atoms with Crippen LogP contribution in [-0.2, 0) is 25.5 Å². The minimum Gasteiger partial charge on any atom is -0.481 e. The van der Waals surface area contributed by atoms with Gasteiger partial charge in [-0.25, -0.2) is 0 Å². The number of hydrogen-bond donors (Lipinski definition) is 3. The quantitative estimate of drug-likeness (QED) is 0.322. The summed E-state index contributed by atoms with van der Waals surface area (Å²) < 4.78 is 6.08. The van der Waals surface area contributed by atoms with Gasteiger partial charge in [0.05, 0.1) is 18.8 Å². The van der Waals surface area contributed by atoms with Gasteiger partial charge in [0, 0.05) is 25.3 Å². The smallest absolute Gasteiger partial charge is 0.303 e. The summed E-state index contributed by atoms with van der Waals surface area (Å²) in [5.74, 6) is -0.426. The number of amides is 2. The zero-order valence-electron chi connectivity index (χ0n) is 18.5. The maximum atomic E-state index is 12.3. The molecule has 0 unspecified atom stereocenters. The van der Waals surface area contributed by atoms with Crippen LogP contribution in [-0.4, -0.2) is 48.2 Å². The molecule has 0 aliphatic carbocycles. The van der Waals surface area contributed by atoms with Gasteiger partial charge in [0.25, 0.3) is 0 Å². The van der Waals surface area contributed by atoms with E-state index in [0.29, 0.717) is 31.7 Å². The van der Waals surface area contributed by atoms with Crippen molar-refractivity contribution in [1.29, 1.82) is 0 Å². The van der Waals surface area contributed by atoms with Gasteiger partial charge < -0.3 is 20.5 Å². The molecule has 0 radical (unpaired) electrons. The van der Waals surface area contributed by atoms with Gasteiger partial charge in [-0.15, -0.1) is 0 Å². The fourth-order valence-corrected chi connectivity index (χ4v) is 4.69. The number of rotatable bonds is 13. The fraction of sp³-hybridized carbons (Fsp3) is 0.560. The molecule has 4 atom stereocenters. The Balaban J connectivity index is 1.34. The second-order valence-corrected chi connectivity index (χ2v) is 8.68. The van der Waals surface area contributed by atoms with E-state index in [9.17, 15) is 14.4 Å². The molecule has 2 fully saturated rings. The first kappa shape index (κ1) is 24.0. The summed E-state index contributed by atoms with van der Waals surface area (Å²) in [6.45, 7) is 0.543. The highest BCUT2D eigenvalue weighted by Gasteiger charge is 2.47. The van der Waals surface area contributed by atoms with E-state index in [1.807, 2.05) is 30.3 Å². The van der Waals surface area contributed by atoms with Crippen molar-refractivity contribution in [2.45, 2.75) is 63.6 Å². The number of unbranched alkanes of at least 4 members (excludes halogenated alkanes) is 1. The van der Waals surface area contributed by atoms with Crippen molar-refractivity contribution in [3.63, 3.8) is 0 Å². The molecule has 2 heterocycles. The lowest BCUT2D eigenvalue weighted by Gasteiger charge is -2.27. The maximum absolute atomic E-state index is 12.3. The van der Waals surface area contributed by atoms with Gasteiger partial charge >= 0.3 is 5.97 Å². The summed E-state index contributed by atoms with van der Waals surface area (Å²) in [6.07, 6.45) is 10.2. The van der Waals surface area contributed by atoms with Crippen molar-refractivity contribution in [3.05, 3.63) is 48.0 Å².